The number of nitrogens with one attached hydrogen (secondary N) is 2. The van der Waals surface area contributed by atoms with Gasteiger partial charge in [0.25, 0.3) is 0 Å². The van der Waals surface area contributed by atoms with E-state index in [1.807, 2.05) is 35.2 Å². The van der Waals surface area contributed by atoms with Crippen LogP contribution in [-0.2, 0) is 16.1 Å². The summed E-state index contributed by atoms with van der Waals surface area (Å²) < 4.78 is 25.1. The van der Waals surface area contributed by atoms with Crippen LogP contribution in [0.4, 0.5) is 10.1 Å². The van der Waals surface area contributed by atoms with E-state index >= 15 is 0 Å². The molecule has 1 fully saturated rings. The standard InChI is InChI=1S/C26H29FN4O4/c1-34-23-10-5-2-7-19(23)17-28-25(32)26(33)29-18-22(24-11-6-16-35-24)31-14-12-30(13-15-31)21-9-4-3-8-20(21)27/h2-11,16,22H,12-15,17-18H2,1H3,(H,28,32)(H,29,33)/t22-/m1/s1. The predicted molar refractivity (Wildman–Crippen MR) is 129 cm³/mol. The summed E-state index contributed by atoms with van der Waals surface area (Å²) in [6.45, 7) is 2.94. The Kier molecular flexibility index (Phi) is 7.99. The highest BCUT2D eigenvalue weighted by Crippen LogP contribution is 2.25. The monoisotopic (exact) mass is 480 g/mol. The average Bonchev–Trinajstić information content (AvgIpc) is 3.43. The van der Waals surface area contributed by atoms with Gasteiger partial charge in [-0.05, 0) is 30.3 Å². The molecule has 1 aromatic heterocycles. The number of carbonyl (C=O) groups is 2. The fraction of sp³-hybridized carbons (Fsp3) is 0.308. The van der Waals surface area contributed by atoms with Gasteiger partial charge in [0.1, 0.15) is 17.3 Å². The van der Waals surface area contributed by atoms with Crippen LogP contribution in [0.25, 0.3) is 0 Å². The van der Waals surface area contributed by atoms with Crippen LogP contribution in [0.15, 0.2) is 71.3 Å². The van der Waals surface area contributed by atoms with Gasteiger partial charge < -0.3 is 24.7 Å². The van der Waals surface area contributed by atoms with Gasteiger partial charge in [0.2, 0.25) is 0 Å². The molecule has 0 spiro atoms. The Morgan fingerprint density at radius 2 is 1.69 bits per heavy atom. The van der Waals surface area contributed by atoms with Crippen molar-refractivity contribution in [1.82, 2.24) is 15.5 Å². The number of anilines is 1. The fourth-order valence-electron chi connectivity index (χ4n) is 4.25. The Morgan fingerprint density at radius 1 is 0.971 bits per heavy atom. The quantitative estimate of drug-likeness (QED) is 0.482. The summed E-state index contributed by atoms with van der Waals surface area (Å²) in [6, 6.07) is 17.4. The minimum absolute atomic E-state index is 0.176. The third kappa shape index (κ3) is 5.99. The van der Waals surface area contributed by atoms with Gasteiger partial charge in [-0.2, -0.15) is 0 Å². The Morgan fingerprint density at radius 3 is 2.40 bits per heavy atom. The lowest BCUT2D eigenvalue weighted by Crippen LogP contribution is -2.51. The summed E-state index contributed by atoms with van der Waals surface area (Å²) in [4.78, 5) is 29.1. The maximum Gasteiger partial charge on any atom is 0.309 e. The predicted octanol–water partition coefficient (Wildman–Crippen LogP) is 2.72. The molecule has 4 rings (SSSR count). The molecule has 2 amide bonds. The van der Waals surface area contributed by atoms with Gasteiger partial charge in [-0.25, -0.2) is 4.39 Å². The normalized spacial score (nSPS) is 14.9. The van der Waals surface area contributed by atoms with E-state index in [1.165, 1.54) is 6.07 Å². The van der Waals surface area contributed by atoms with Gasteiger partial charge in [-0.1, -0.05) is 30.3 Å². The van der Waals surface area contributed by atoms with E-state index in [1.54, 1.807) is 37.6 Å². The maximum absolute atomic E-state index is 14.2. The van der Waals surface area contributed by atoms with Crippen molar-refractivity contribution < 1.29 is 23.1 Å². The highest BCUT2D eigenvalue weighted by atomic mass is 19.1. The number of carbonyl (C=O) groups excluding carboxylic acids is 2. The molecular formula is C26H29FN4O4. The summed E-state index contributed by atoms with van der Waals surface area (Å²) in [7, 11) is 1.55. The second kappa shape index (κ2) is 11.5. The lowest BCUT2D eigenvalue weighted by Gasteiger charge is -2.39. The molecule has 2 N–H and O–H groups in total. The number of benzene rings is 2. The number of para-hydroxylation sites is 2. The summed E-state index contributed by atoms with van der Waals surface area (Å²) in [6.07, 6.45) is 1.58. The van der Waals surface area contributed by atoms with E-state index in [4.69, 9.17) is 9.15 Å². The van der Waals surface area contributed by atoms with Gasteiger partial charge in [-0.3, -0.25) is 14.5 Å². The fourth-order valence-corrected chi connectivity index (χ4v) is 4.25. The van der Waals surface area contributed by atoms with Crippen LogP contribution in [0, 0.1) is 5.82 Å². The molecule has 1 aliphatic rings. The van der Waals surface area contributed by atoms with E-state index < -0.39 is 11.8 Å². The van der Waals surface area contributed by atoms with Crippen LogP contribution >= 0.6 is 0 Å². The molecule has 184 valence electrons. The highest BCUT2D eigenvalue weighted by Gasteiger charge is 2.28. The van der Waals surface area contributed by atoms with Crippen molar-refractivity contribution in [2.45, 2.75) is 12.6 Å². The first-order valence-electron chi connectivity index (χ1n) is 11.5. The second-order valence-corrected chi connectivity index (χ2v) is 8.21. The Balaban J connectivity index is 1.33. The van der Waals surface area contributed by atoms with Crippen LogP contribution < -0.4 is 20.3 Å². The summed E-state index contributed by atoms with van der Waals surface area (Å²) in [5.41, 5.74) is 1.36. The molecule has 3 aromatic rings. The van der Waals surface area contributed by atoms with Gasteiger partial charge in [-0.15, -0.1) is 0 Å². The van der Waals surface area contributed by atoms with Crippen molar-refractivity contribution >= 4 is 17.5 Å². The van der Waals surface area contributed by atoms with Crippen molar-refractivity contribution in [2.24, 2.45) is 0 Å². The first-order chi connectivity index (χ1) is 17.1. The maximum atomic E-state index is 14.2. The van der Waals surface area contributed by atoms with Crippen LogP contribution in [0.1, 0.15) is 17.4 Å². The molecule has 1 aliphatic heterocycles. The van der Waals surface area contributed by atoms with Crippen molar-refractivity contribution in [3.63, 3.8) is 0 Å². The molecule has 1 atom stereocenters. The van der Waals surface area contributed by atoms with E-state index in [0.717, 1.165) is 5.56 Å². The number of furan rings is 1. The Hall–Kier alpha value is -3.85. The number of ether oxygens (including phenoxy) is 1. The molecule has 0 radical (unpaired) electrons. The molecule has 2 aromatic carbocycles. The molecule has 35 heavy (non-hydrogen) atoms. The minimum atomic E-state index is -0.724. The minimum Gasteiger partial charge on any atom is -0.496 e. The van der Waals surface area contributed by atoms with Crippen LogP contribution in [0.2, 0.25) is 0 Å². The van der Waals surface area contributed by atoms with Crippen LogP contribution in [0.5, 0.6) is 5.75 Å². The number of halogens is 1. The number of hydrogen-bond acceptors (Lipinski definition) is 6. The SMILES string of the molecule is COc1ccccc1CNC(=O)C(=O)NC[C@H](c1ccco1)N1CCN(c2ccccc2F)CC1. The summed E-state index contributed by atoms with van der Waals surface area (Å²) in [5.74, 6) is -0.352. The number of hydrogen-bond donors (Lipinski definition) is 2. The van der Waals surface area contributed by atoms with E-state index in [-0.39, 0.29) is 24.9 Å². The Bertz CT molecular complexity index is 1130. The lowest BCUT2D eigenvalue weighted by molar-refractivity contribution is -0.139. The molecule has 0 unspecified atom stereocenters. The Labute approximate surface area is 203 Å². The lowest BCUT2D eigenvalue weighted by atomic mass is 10.1. The van der Waals surface area contributed by atoms with Crippen molar-refractivity contribution in [3.05, 3.63) is 84.1 Å². The number of nitrogens with zero attached hydrogens (tertiary/aromatic N) is 2. The molecule has 2 heterocycles. The van der Waals surface area contributed by atoms with Gasteiger partial charge in [0.05, 0.1) is 25.1 Å². The first-order valence-corrected chi connectivity index (χ1v) is 11.5. The van der Waals surface area contributed by atoms with Gasteiger partial charge in [0.15, 0.2) is 0 Å². The number of piperazine rings is 1. The summed E-state index contributed by atoms with van der Waals surface area (Å²) in [5, 5.41) is 5.36. The number of amides is 2. The molecule has 1 saturated heterocycles. The van der Waals surface area contributed by atoms with Gasteiger partial charge >= 0.3 is 11.8 Å². The zero-order valence-corrected chi connectivity index (χ0v) is 19.6. The molecular weight excluding hydrogens is 451 g/mol. The molecule has 8 nitrogen and oxygen atoms in total. The van der Waals surface area contributed by atoms with Crippen molar-refractivity contribution in [3.8, 4) is 5.75 Å². The second-order valence-electron chi connectivity index (χ2n) is 8.21. The van der Waals surface area contributed by atoms with Crippen LogP contribution in [0.3, 0.4) is 0 Å². The highest BCUT2D eigenvalue weighted by molar-refractivity contribution is 6.35. The largest absolute Gasteiger partial charge is 0.496 e. The molecule has 9 heteroatoms. The van der Waals surface area contributed by atoms with E-state index in [2.05, 4.69) is 15.5 Å². The van der Waals surface area contributed by atoms with E-state index in [9.17, 15) is 14.0 Å². The number of methoxy groups -OCH3 is 1. The summed E-state index contributed by atoms with van der Waals surface area (Å²) >= 11 is 0. The topological polar surface area (TPSA) is 87.0 Å². The van der Waals surface area contributed by atoms with Crippen LogP contribution in [-0.4, -0.2) is 56.5 Å². The van der Waals surface area contributed by atoms with E-state index in [0.29, 0.717) is 43.4 Å². The molecule has 0 saturated carbocycles. The average molecular weight is 481 g/mol. The molecule has 0 aliphatic carbocycles. The van der Waals surface area contributed by atoms with Gasteiger partial charge in [0, 0.05) is 44.8 Å². The third-order valence-electron chi connectivity index (χ3n) is 6.11. The zero-order chi connectivity index (χ0) is 24.6. The molecule has 0 bridgehead atoms. The zero-order valence-electron chi connectivity index (χ0n) is 19.6. The van der Waals surface area contributed by atoms with Crippen molar-refractivity contribution in [1.29, 1.82) is 0 Å². The third-order valence-corrected chi connectivity index (χ3v) is 6.11. The first kappa shape index (κ1) is 24.3. The number of rotatable bonds is 8. The van der Waals surface area contributed by atoms with Crippen molar-refractivity contribution in [2.75, 3.05) is 44.7 Å². The smallest absolute Gasteiger partial charge is 0.309 e.